The average molecular weight is 667 g/mol. The number of anilines is 1. The quantitative estimate of drug-likeness (QED) is 0.226. The number of nitrogens with one attached hydrogen (secondary N) is 1. The van der Waals surface area contributed by atoms with Gasteiger partial charge in [-0.05, 0) is 74.4 Å². The second kappa shape index (κ2) is 15.9. The van der Waals surface area contributed by atoms with Gasteiger partial charge in [0.15, 0.2) is 11.5 Å². The third-order valence-corrected chi connectivity index (χ3v) is 9.09. The van der Waals surface area contributed by atoms with E-state index < -0.39 is 28.5 Å². The summed E-state index contributed by atoms with van der Waals surface area (Å²) in [4.78, 5) is 28.3. The van der Waals surface area contributed by atoms with Crippen LogP contribution in [0.25, 0.3) is 0 Å². The molecule has 0 aliphatic rings. The Morgan fingerprint density at radius 1 is 0.932 bits per heavy atom. The first-order chi connectivity index (χ1) is 21.0. The van der Waals surface area contributed by atoms with Crippen LogP contribution in [0.2, 0.25) is 10.0 Å². The van der Waals surface area contributed by atoms with Gasteiger partial charge in [-0.1, -0.05) is 36.2 Å². The maximum absolute atomic E-state index is 14.2. The molecule has 3 aromatic rings. The van der Waals surface area contributed by atoms with E-state index in [1.807, 2.05) is 13.8 Å². The zero-order valence-electron chi connectivity index (χ0n) is 25.3. The number of ether oxygens (including phenoxy) is 3. The molecule has 0 saturated carbocycles. The number of carbonyl (C=O) groups is 2. The summed E-state index contributed by atoms with van der Waals surface area (Å²) in [7, 11) is -1.51. The van der Waals surface area contributed by atoms with E-state index in [-0.39, 0.29) is 28.8 Å². The molecular formula is C31H37Cl2N3O7S. The van der Waals surface area contributed by atoms with Gasteiger partial charge in [-0.3, -0.25) is 13.9 Å². The molecule has 238 valence electrons. The van der Waals surface area contributed by atoms with Crippen LogP contribution >= 0.6 is 23.2 Å². The number of hydrogen-bond acceptors (Lipinski definition) is 7. The van der Waals surface area contributed by atoms with Gasteiger partial charge in [-0.2, -0.15) is 0 Å². The van der Waals surface area contributed by atoms with E-state index in [1.165, 1.54) is 43.4 Å². The van der Waals surface area contributed by atoms with Gasteiger partial charge in [-0.15, -0.1) is 0 Å². The largest absolute Gasteiger partial charge is 0.494 e. The van der Waals surface area contributed by atoms with Gasteiger partial charge in [0, 0.05) is 29.2 Å². The van der Waals surface area contributed by atoms with Crippen LogP contribution in [0.5, 0.6) is 17.2 Å². The van der Waals surface area contributed by atoms with Crippen LogP contribution in [0, 0.1) is 0 Å². The van der Waals surface area contributed by atoms with Gasteiger partial charge >= 0.3 is 0 Å². The van der Waals surface area contributed by atoms with Crippen LogP contribution in [0.1, 0.15) is 32.8 Å². The highest BCUT2D eigenvalue weighted by molar-refractivity contribution is 7.92. The zero-order valence-corrected chi connectivity index (χ0v) is 27.6. The van der Waals surface area contributed by atoms with Crippen LogP contribution in [-0.4, -0.2) is 65.1 Å². The number of methoxy groups -OCH3 is 2. The average Bonchev–Trinajstić information content (AvgIpc) is 3.01. The summed E-state index contributed by atoms with van der Waals surface area (Å²) in [6, 6.07) is 14.4. The zero-order chi connectivity index (χ0) is 32.4. The molecule has 0 aliphatic carbocycles. The lowest BCUT2D eigenvalue weighted by Crippen LogP contribution is -2.51. The highest BCUT2D eigenvalue weighted by Gasteiger charge is 2.33. The van der Waals surface area contributed by atoms with E-state index in [2.05, 4.69) is 5.32 Å². The SMILES string of the molecule is CCCNC(=O)[C@@H](C)N(Cc1ccc(Cl)cc1Cl)C(=O)CN(c1ccc(OCC)cc1)S(=O)(=O)c1ccc(OC)c(OC)c1. The van der Waals surface area contributed by atoms with E-state index in [9.17, 15) is 18.0 Å². The van der Waals surface area contributed by atoms with Crippen LogP contribution < -0.4 is 23.8 Å². The van der Waals surface area contributed by atoms with Crippen molar-refractivity contribution >= 4 is 50.7 Å². The Morgan fingerprint density at radius 2 is 1.61 bits per heavy atom. The van der Waals surface area contributed by atoms with Crippen LogP contribution in [0.15, 0.2) is 65.6 Å². The number of hydrogen-bond donors (Lipinski definition) is 1. The molecule has 1 atom stereocenters. The Labute approximate surface area is 268 Å². The third-order valence-electron chi connectivity index (χ3n) is 6.73. The number of carbonyl (C=O) groups excluding carboxylic acids is 2. The molecule has 0 spiro atoms. The summed E-state index contributed by atoms with van der Waals surface area (Å²) in [5.74, 6) is 0.0554. The Balaban J connectivity index is 2.09. The Kier molecular flexibility index (Phi) is 12.6. The molecule has 3 rings (SSSR count). The minimum absolute atomic E-state index is 0.0664. The lowest BCUT2D eigenvalue weighted by Gasteiger charge is -2.32. The van der Waals surface area contributed by atoms with Crippen molar-refractivity contribution in [1.29, 1.82) is 0 Å². The molecule has 0 unspecified atom stereocenters. The molecule has 0 heterocycles. The van der Waals surface area contributed by atoms with Crippen LogP contribution in [-0.2, 0) is 26.2 Å². The minimum Gasteiger partial charge on any atom is -0.494 e. The number of rotatable bonds is 15. The summed E-state index contributed by atoms with van der Waals surface area (Å²) in [6.45, 7) is 5.47. The van der Waals surface area contributed by atoms with Crippen molar-refractivity contribution in [2.45, 2.75) is 44.7 Å². The van der Waals surface area contributed by atoms with Crippen LogP contribution in [0.4, 0.5) is 5.69 Å². The molecule has 10 nitrogen and oxygen atoms in total. The standard InChI is InChI=1S/C31H37Cl2N3O7S/c1-6-16-34-31(38)21(3)35(19-22-8-9-23(32)17-27(22)33)30(37)20-36(24-10-12-25(13-11-24)43-7-2)44(39,40)26-14-15-28(41-4)29(18-26)42-5/h8-15,17-18,21H,6-7,16,19-20H2,1-5H3,(H,34,38)/t21-/m1/s1. The first-order valence-corrected chi connectivity index (χ1v) is 16.1. The molecule has 2 amide bonds. The molecule has 0 fully saturated rings. The highest BCUT2D eigenvalue weighted by atomic mass is 35.5. The lowest BCUT2D eigenvalue weighted by atomic mass is 10.1. The van der Waals surface area contributed by atoms with Crippen molar-refractivity contribution in [2.75, 3.05) is 38.2 Å². The lowest BCUT2D eigenvalue weighted by molar-refractivity contribution is -0.139. The summed E-state index contributed by atoms with van der Waals surface area (Å²) < 4.78 is 45.5. The maximum Gasteiger partial charge on any atom is 0.264 e. The number of amides is 2. The van der Waals surface area contributed by atoms with Gasteiger partial charge in [-0.25, -0.2) is 8.42 Å². The van der Waals surface area contributed by atoms with Gasteiger partial charge < -0.3 is 24.4 Å². The summed E-state index contributed by atoms with van der Waals surface area (Å²) in [5.41, 5.74) is 0.749. The van der Waals surface area contributed by atoms with Gasteiger partial charge in [0.25, 0.3) is 10.0 Å². The highest BCUT2D eigenvalue weighted by Crippen LogP contribution is 2.33. The summed E-state index contributed by atoms with van der Waals surface area (Å²) in [5, 5.41) is 3.52. The van der Waals surface area contributed by atoms with Crippen LogP contribution in [0.3, 0.4) is 0 Å². The third kappa shape index (κ3) is 8.49. The molecule has 0 aliphatic heterocycles. The van der Waals surface area contributed by atoms with E-state index in [1.54, 1.807) is 43.3 Å². The van der Waals surface area contributed by atoms with Crippen molar-refractivity contribution in [3.8, 4) is 17.2 Å². The van der Waals surface area contributed by atoms with Gasteiger partial charge in [0.05, 0.1) is 31.4 Å². The molecule has 0 aromatic heterocycles. The summed E-state index contributed by atoms with van der Waals surface area (Å²) in [6.07, 6.45) is 0.699. The predicted octanol–water partition coefficient (Wildman–Crippen LogP) is 5.55. The smallest absolute Gasteiger partial charge is 0.264 e. The maximum atomic E-state index is 14.2. The van der Waals surface area contributed by atoms with E-state index in [4.69, 9.17) is 37.4 Å². The second-order valence-electron chi connectivity index (χ2n) is 9.68. The Bertz CT molecular complexity index is 1550. The fraction of sp³-hybridized carbons (Fsp3) is 0.355. The topological polar surface area (TPSA) is 114 Å². The molecule has 0 saturated heterocycles. The molecule has 0 radical (unpaired) electrons. The first-order valence-electron chi connectivity index (χ1n) is 13.9. The van der Waals surface area contributed by atoms with E-state index in [0.717, 1.165) is 4.31 Å². The number of benzene rings is 3. The Hall–Kier alpha value is -3.67. The number of halogens is 2. The van der Waals surface area contributed by atoms with Crippen molar-refractivity contribution in [3.63, 3.8) is 0 Å². The molecular weight excluding hydrogens is 629 g/mol. The number of sulfonamides is 1. The fourth-order valence-corrected chi connectivity index (χ4v) is 6.22. The van der Waals surface area contributed by atoms with Gasteiger partial charge in [0.2, 0.25) is 11.8 Å². The molecule has 3 aromatic carbocycles. The van der Waals surface area contributed by atoms with Crippen molar-refractivity contribution in [2.24, 2.45) is 0 Å². The minimum atomic E-state index is -4.35. The molecule has 1 N–H and O–H groups in total. The predicted molar refractivity (Wildman–Crippen MR) is 171 cm³/mol. The van der Waals surface area contributed by atoms with Crippen molar-refractivity contribution in [1.82, 2.24) is 10.2 Å². The monoisotopic (exact) mass is 665 g/mol. The first kappa shape index (κ1) is 34.8. The van der Waals surface area contributed by atoms with Gasteiger partial charge in [0.1, 0.15) is 18.3 Å². The van der Waals surface area contributed by atoms with E-state index >= 15 is 0 Å². The summed E-state index contributed by atoms with van der Waals surface area (Å²) >= 11 is 12.5. The molecule has 0 bridgehead atoms. The molecule has 44 heavy (non-hydrogen) atoms. The van der Waals surface area contributed by atoms with Crippen molar-refractivity contribution < 1.29 is 32.2 Å². The van der Waals surface area contributed by atoms with Crippen molar-refractivity contribution in [3.05, 3.63) is 76.3 Å². The fourth-order valence-electron chi connectivity index (χ4n) is 4.32. The molecule has 13 heteroatoms. The Morgan fingerprint density at radius 3 is 2.20 bits per heavy atom. The second-order valence-corrected chi connectivity index (χ2v) is 12.4. The normalized spacial score (nSPS) is 11.8. The number of nitrogens with zero attached hydrogens (tertiary/aromatic N) is 2. The van der Waals surface area contributed by atoms with E-state index in [0.29, 0.717) is 46.7 Å².